The van der Waals surface area contributed by atoms with Crippen LogP contribution in [0, 0.1) is 6.92 Å². The maximum Gasteiger partial charge on any atom is 0.339 e. The van der Waals surface area contributed by atoms with E-state index in [0.29, 0.717) is 17.1 Å². The molecule has 1 heterocycles. The van der Waals surface area contributed by atoms with E-state index in [1.807, 2.05) is 18.7 Å². The van der Waals surface area contributed by atoms with Gasteiger partial charge in [-0.15, -0.1) is 0 Å². The first-order chi connectivity index (χ1) is 9.10. The summed E-state index contributed by atoms with van der Waals surface area (Å²) in [4.78, 5) is 15.5. The molecule has 0 amide bonds. The molecule has 2 atom stereocenters. The average Bonchev–Trinajstić information content (AvgIpc) is 2.77. The van der Waals surface area contributed by atoms with Gasteiger partial charge in [-0.3, -0.25) is 0 Å². The number of rotatable bonds is 5. The van der Waals surface area contributed by atoms with E-state index in [2.05, 4.69) is 17.2 Å². The van der Waals surface area contributed by atoms with Gasteiger partial charge in [-0.25, -0.2) is 9.78 Å². The van der Waals surface area contributed by atoms with Gasteiger partial charge >= 0.3 is 5.97 Å². The Bertz CT molecular complexity index is 465. The van der Waals surface area contributed by atoms with E-state index < -0.39 is 5.97 Å². The van der Waals surface area contributed by atoms with Crippen LogP contribution in [0.25, 0.3) is 0 Å². The fraction of sp³-hybridized carbons (Fsp3) is 0.571. The van der Waals surface area contributed by atoms with E-state index >= 15 is 0 Å². The lowest BCUT2D eigenvalue weighted by Gasteiger charge is -2.15. The Balaban J connectivity index is 2.07. The van der Waals surface area contributed by atoms with Crippen molar-refractivity contribution < 1.29 is 9.90 Å². The standard InChI is InChI=1S/C14H20N2O2S/c1-3-19-11-6-5-10(8-11)16-13-12(14(17)18)7-4-9(2)15-13/h4,7,10-11H,3,5-6,8H2,1-2H3,(H,15,16)(H,17,18). The molecule has 2 unspecified atom stereocenters. The summed E-state index contributed by atoms with van der Waals surface area (Å²) in [5.41, 5.74) is 1.10. The zero-order chi connectivity index (χ0) is 13.8. The molecule has 2 rings (SSSR count). The number of pyridine rings is 1. The Labute approximate surface area is 118 Å². The molecule has 104 valence electrons. The Morgan fingerprint density at radius 1 is 1.53 bits per heavy atom. The Kier molecular flexibility index (Phi) is 4.69. The molecule has 2 N–H and O–H groups in total. The second-order valence-corrected chi connectivity index (χ2v) is 6.46. The molecular weight excluding hydrogens is 260 g/mol. The molecule has 0 spiro atoms. The minimum absolute atomic E-state index is 0.261. The van der Waals surface area contributed by atoms with Crippen LogP contribution in [-0.4, -0.2) is 33.1 Å². The highest BCUT2D eigenvalue weighted by Crippen LogP contribution is 2.31. The second-order valence-electron chi connectivity index (χ2n) is 4.89. The van der Waals surface area contributed by atoms with E-state index in [1.165, 1.54) is 6.42 Å². The highest BCUT2D eigenvalue weighted by molar-refractivity contribution is 7.99. The molecule has 0 saturated heterocycles. The minimum atomic E-state index is -0.924. The predicted molar refractivity (Wildman–Crippen MR) is 79.1 cm³/mol. The summed E-state index contributed by atoms with van der Waals surface area (Å²) < 4.78 is 0. The number of aromatic carboxylic acids is 1. The summed E-state index contributed by atoms with van der Waals surface area (Å²) in [5.74, 6) is 0.729. The molecular formula is C14H20N2O2S. The van der Waals surface area contributed by atoms with Crippen molar-refractivity contribution in [1.29, 1.82) is 0 Å². The Hall–Kier alpha value is -1.23. The van der Waals surface area contributed by atoms with Gasteiger partial charge in [0.1, 0.15) is 11.4 Å². The zero-order valence-electron chi connectivity index (χ0n) is 11.3. The first kappa shape index (κ1) is 14.2. The molecule has 19 heavy (non-hydrogen) atoms. The summed E-state index contributed by atoms with van der Waals surface area (Å²) in [6, 6.07) is 3.70. The number of aromatic nitrogens is 1. The molecule has 1 fully saturated rings. The summed E-state index contributed by atoms with van der Waals surface area (Å²) in [6.07, 6.45) is 3.38. The van der Waals surface area contributed by atoms with Gasteiger partial charge in [-0.1, -0.05) is 6.92 Å². The summed E-state index contributed by atoms with van der Waals surface area (Å²) in [6.45, 7) is 4.05. The number of carboxylic acids is 1. The number of carboxylic acid groups (broad SMARTS) is 1. The molecule has 1 aliphatic carbocycles. The molecule has 1 aliphatic rings. The lowest BCUT2D eigenvalue weighted by atomic mass is 10.2. The number of thioether (sulfide) groups is 1. The number of nitrogens with zero attached hydrogens (tertiary/aromatic N) is 1. The van der Waals surface area contributed by atoms with Gasteiger partial charge in [-0.2, -0.15) is 11.8 Å². The summed E-state index contributed by atoms with van der Waals surface area (Å²) in [7, 11) is 0. The van der Waals surface area contributed by atoms with Crippen LogP contribution in [-0.2, 0) is 0 Å². The molecule has 1 aromatic rings. The third-order valence-electron chi connectivity index (χ3n) is 3.39. The van der Waals surface area contributed by atoms with Crippen molar-refractivity contribution in [3.63, 3.8) is 0 Å². The third-order valence-corrected chi connectivity index (χ3v) is 4.63. The third kappa shape index (κ3) is 3.62. The number of anilines is 1. The van der Waals surface area contributed by atoms with Crippen molar-refractivity contribution in [2.75, 3.05) is 11.1 Å². The van der Waals surface area contributed by atoms with Gasteiger partial charge in [0, 0.05) is 17.0 Å². The van der Waals surface area contributed by atoms with Crippen LogP contribution in [0.1, 0.15) is 42.2 Å². The molecule has 1 aromatic heterocycles. The Morgan fingerprint density at radius 2 is 2.32 bits per heavy atom. The first-order valence-corrected chi connectivity index (χ1v) is 7.74. The topological polar surface area (TPSA) is 62.2 Å². The van der Waals surface area contributed by atoms with Crippen molar-refractivity contribution in [3.8, 4) is 0 Å². The fourth-order valence-corrected chi connectivity index (χ4v) is 3.63. The lowest BCUT2D eigenvalue weighted by Crippen LogP contribution is -2.19. The van der Waals surface area contributed by atoms with Crippen LogP contribution < -0.4 is 5.32 Å². The van der Waals surface area contributed by atoms with Crippen LogP contribution in [0.5, 0.6) is 0 Å². The minimum Gasteiger partial charge on any atom is -0.478 e. The first-order valence-electron chi connectivity index (χ1n) is 6.69. The molecule has 4 nitrogen and oxygen atoms in total. The van der Waals surface area contributed by atoms with Gasteiger partial charge in [0.05, 0.1) is 0 Å². The van der Waals surface area contributed by atoms with Crippen LogP contribution in [0.2, 0.25) is 0 Å². The maximum atomic E-state index is 11.2. The lowest BCUT2D eigenvalue weighted by molar-refractivity contribution is 0.0697. The molecule has 5 heteroatoms. The molecule has 0 aromatic carbocycles. The van der Waals surface area contributed by atoms with Crippen LogP contribution >= 0.6 is 11.8 Å². The Morgan fingerprint density at radius 3 is 3.00 bits per heavy atom. The predicted octanol–water partition coefficient (Wildman–Crippen LogP) is 3.17. The second kappa shape index (κ2) is 6.28. The van der Waals surface area contributed by atoms with E-state index in [4.69, 9.17) is 0 Å². The average molecular weight is 280 g/mol. The van der Waals surface area contributed by atoms with Crippen LogP contribution in [0.4, 0.5) is 5.82 Å². The SMILES string of the molecule is CCSC1CCC(Nc2nc(C)ccc2C(=O)O)C1. The molecule has 0 aliphatic heterocycles. The van der Waals surface area contributed by atoms with Gasteiger partial charge in [0.15, 0.2) is 0 Å². The van der Waals surface area contributed by atoms with E-state index in [0.717, 1.165) is 24.3 Å². The monoisotopic (exact) mass is 280 g/mol. The molecule has 1 saturated carbocycles. The highest BCUT2D eigenvalue weighted by Gasteiger charge is 2.26. The van der Waals surface area contributed by atoms with Crippen molar-refractivity contribution in [3.05, 3.63) is 23.4 Å². The summed E-state index contributed by atoms with van der Waals surface area (Å²) >= 11 is 1.99. The van der Waals surface area contributed by atoms with Crippen molar-refractivity contribution in [2.24, 2.45) is 0 Å². The normalized spacial score (nSPS) is 22.4. The fourth-order valence-electron chi connectivity index (χ4n) is 2.49. The summed E-state index contributed by atoms with van der Waals surface area (Å²) in [5, 5.41) is 13.2. The number of carbonyl (C=O) groups is 1. The smallest absolute Gasteiger partial charge is 0.339 e. The highest BCUT2D eigenvalue weighted by atomic mass is 32.2. The van der Waals surface area contributed by atoms with E-state index in [9.17, 15) is 9.90 Å². The van der Waals surface area contributed by atoms with Crippen molar-refractivity contribution >= 4 is 23.5 Å². The van der Waals surface area contributed by atoms with Crippen molar-refractivity contribution in [1.82, 2.24) is 4.98 Å². The number of aryl methyl sites for hydroxylation is 1. The van der Waals surface area contributed by atoms with Crippen molar-refractivity contribution in [2.45, 2.75) is 44.4 Å². The van der Waals surface area contributed by atoms with Gasteiger partial charge < -0.3 is 10.4 Å². The number of hydrogen-bond acceptors (Lipinski definition) is 4. The van der Waals surface area contributed by atoms with Crippen LogP contribution in [0.15, 0.2) is 12.1 Å². The van der Waals surface area contributed by atoms with Gasteiger partial charge in [0.25, 0.3) is 0 Å². The quantitative estimate of drug-likeness (QED) is 0.867. The largest absolute Gasteiger partial charge is 0.478 e. The number of nitrogens with one attached hydrogen (secondary N) is 1. The zero-order valence-corrected chi connectivity index (χ0v) is 12.2. The maximum absolute atomic E-state index is 11.2. The van der Waals surface area contributed by atoms with Gasteiger partial charge in [0.2, 0.25) is 0 Å². The van der Waals surface area contributed by atoms with Gasteiger partial charge in [-0.05, 0) is 44.1 Å². The van der Waals surface area contributed by atoms with Crippen LogP contribution in [0.3, 0.4) is 0 Å². The van der Waals surface area contributed by atoms with E-state index in [-0.39, 0.29) is 5.56 Å². The van der Waals surface area contributed by atoms with E-state index in [1.54, 1.807) is 12.1 Å². The number of hydrogen-bond donors (Lipinski definition) is 2. The molecule has 0 bridgehead atoms. The molecule has 0 radical (unpaired) electrons.